The van der Waals surface area contributed by atoms with Crippen LogP contribution in [0.15, 0.2) is 12.2 Å². The molecule has 7 heteroatoms. The minimum Gasteiger partial charge on any atom is -0.469 e. The molecule has 1 N–H and O–H groups in total. The lowest BCUT2D eigenvalue weighted by Crippen LogP contribution is -2.36. The van der Waals surface area contributed by atoms with Crippen LogP contribution < -0.4 is 0 Å². The van der Waals surface area contributed by atoms with E-state index >= 15 is 0 Å². The van der Waals surface area contributed by atoms with Gasteiger partial charge in [-0.1, -0.05) is 38.8 Å². The predicted molar refractivity (Wildman–Crippen MR) is 107 cm³/mol. The molecule has 1 heterocycles. The molecule has 0 saturated carbocycles. The summed E-state index contributed by atoms with van der Waals surface area (Å²) in [6.07, 6.45) is 6.01. The highest BCUT2D eigenvalue weighted by molar-refractivity contribution is 5.86. The smallest absolute Gasteiger partial charge is 0.327 e. The number of alkyl halides is 2. The number of unbranched alkanes of at least 4 members (excludes halogenated alkanes) is 3. The Morgan fingerprint density at radius 1 is 1.34 bits per heavy atom. The van der Waals surface area contributed by atoms with Crippen molar-refractivity contribution in [3.05, 3.63) is 12.2 Å². The Kier molecular flexibility index (Phi) is 10.9. The SMILES string of the molecule is CCC#CC[C@H](C)[C@@H](O)C=CC1CC(F)(F)C(=O)N1CCCCCCC(=O)OC. The molecular weight excluding hydrogens is 380 g/mol. The molecule has 1 amide bonds. The van der Waals surface area contributed by atoms with Crippen LogP contribution in [0.2, 0.25) is 0 Å². The molecule has 0 aromatic carbocycles. The molecule has 0 aromatic heterocycles. The van der Waals surface area contributed by atoms with Gasteiger partial charge in [0.05, 0.1) is 19.3 Å². The number of likely N-dealkylation sites (tertiary alicyclic amines) is 1. The number of hydrogen-bond acceptors (Lipinski definition) is 4. The lowest BCUT2D eigenvalue weighted by molar-refractivity contribution is -0.148. The number of ether oxygens (including phenoxy) is 1. The van der Waals surface area contributed by atoms with Crippen LogP contribution in [0.25, 0.3) is 0 Å². The van der Waals surface area contributed by atoms with Crippen molar-refractivity contribution in [3.63, 3.8) is 0 Å². The zero-order chi connectivity index (χ0) is 21.9. The summed E-state index contributed by atoms with van der Waals surface area (Å²) in [4.78, 5) is 24.3. The zero-order valence-corrected chi connectivity index (χ0v) is 17.6. The van der Waals surface area contributed by atoms with Gasteiger partial charge in [-0.3, -0.25) is 9.59 Å². The molecule has 1 aliphatic rings. The van der Waals surface area contributed by atoms with E-state index in [0.29, 0.717) is 25.7 Å². The second-order valence-corrected chi connectivity index (χ2v) is 7.48. The third kappa shape index (κ3) is 8.53. The summed E-state index contributed by atoms with van der Waals surface area (Å²) in [6.45, 7) is 4.02. The minimum atomic E-state index is -3.37. The van der Waals surface area contributed by atoms with Crippen molar-refractivity contribution in [1.82, 2.24) is 4.90 Å². The fraction of sp³-hybridized carbons (Fsp3) is 0.727. The first-order valence-corrected chi connectivity index (χ1v) is 10.3. The second-order valence-electron chi connectivity index (χ2n) is 7.48. The summed E-state index contributed by atoms with van der Waals surface area (Å²) in [5.41, 5.74) is 0. The van der Waals surface area contributed by atoms with Gasteiger partial charge < -0.3 is 14.7 Å². The number of aliphatic hydroxyl groups excluding tert-OH is 1. The van der Waals surface area contributed by atoms with Gasteiger partial charge in [0.25, 0.3) is 5.91 Å². The van der Waals surface area contributed by atoms with Crippen LogP contribution >= 0.6 is 0 Å². The van der Waals surface area contributed by atoms with Crippen molar-refractivity contribution in [2.75, 3.05) is 13.7 Å². The van der Waals surface area contributed by atoms with Crippen molar-refractivity contribution in [2.45, 2.75) is 83.3 Å². The number of aliphatic hydroxyl groups is 1. The van der Waals surface area contributed by atoms with E-state index in [4.69, 9.17) is 0 Å². The number of esters is 1. The average molecular weight is 414 g/mol. The molecule has 0 aromatic rings. The maximum atomic E-state index is 13.9. The Morgan fingerprint density at radius 2 is 2.03 bits per heavy atom. The molecule has 3 atom stereocenters. The molecule has 5 nitrogen and oxygen atoms in total. The maximum Gasteiger partial charge on any atom is 0.327 e. The van der Waals surface area contributed by atoms with Crippen LogP contribution in [0, 0.1) is 17.8 Å². The zero-order valence-electron chi connectivity index (χ0n) is 17.6. The van der Waals surface area contributed by atoms with E-state index < -0.39 is 30.4 Å². The largest absolute Gasteiger partial charge is 0.469 e. The van der Waals surface area contributed by atoms with Crippen molar-refractivity contribution in [3.8, 4) is 11.8 Å². The Labute approximate surface area is 172 Å². The first-order valence-electron chi connectivity index (χ1n) is 10.3. The Morgan fingerprint density at radius 3 is 2.69 bits per heavy atom. The fourth-order valence-electron chi connectivity index (χ4n) is 3.18. The number of hydrogen-bond donors (Lipinski definition) is 1. The third-order valence-electron chi connectivity index (χ3n) is 5.04. The van der Waals surface area contributed by atoms with E-state index in [1.165, 1.54) is 24.2 Å². The number of nitrogens with zero attached hydrogens (tertiary/aromatic N) is 1. The van der Waals surface area contributed by atoms with E-state index in [1.54, 1.807) is 0 Å². The molecule has 1 unspecified atom stereocenters. The molecule has 0 radical (unpaired) electrons. The van der Waals surface area contributed by atoms with Gasteiger partial charge in [0.1, 0.15) is 0 Å². The van der Waals surface area contributed by atoms with Crippen LogP contribution in [-0.2, 0) is 14.3 Å². The monoisotopic (exact) mass is 413 g/mol. The molecule has 0 aliphatic carbocycles. The highest BCUT2D eigenvalue weighted by Crippen LogP contribution is 2.34. The van der Waals surface area contributed by atoms with Crippen LogP contribution in [-0.4, -0.2) is 53.6 Å². The van der Waals surface area contributed by atoms with Crippen molar-refractivity contribution < 1.29 is 28.2 Å². The highest BCUT2D eigenvalue weighted by Gasteiger charge is 2.52. The lowest BCUT2D eigenvalue weighted by Gasteiger charge is -2.22. The average Bonchev–Trinajstić information content (AvgIpc) is 2.91. The second kappa shape index (κ2) is 12.6. The first-order chi connectivity index (χ1) is 13.7. The van der Waals surface area contributed by atoms with Gasteiger partial charge in [0.2, 0.25) is 0 Å². The summed E-state index contributed by atoms with van der Waals surface area (Å²) in [7, 11) is 1.34. The number of carbonyl (C=O) groups is 2. The van der Waals surface area contributed by atoms with E-state index in [1.807, 2.05) is 13.8 Å². The van der Waals surface area contributed by atoms with Gasteiger partial charge in [-0.15, -0.1) is 11.8 Å². The molecule has 1 fully saturated rings. The van der Waals surface area contributed by atoms with Crippen LogP contribution in [0.5, 0.6) is 0 Å². The minimum absolute atomic E-state index is 0.119. The fourth-order valence-corrected chi connectivity index (χ4v) is 3.18. The Bertz CT molecular complexity index is 624. The molecule has 0 bridgehead atoms. The topological polar surface area (TPSA) is 66.8 Å². The Balaban J connectivity index is 2.56. The molecule has 1 aliphatic heterocycles. The molecule has 164 valence electrons. The number of methoxy groups -OCH3 is 1. The van der Waals surface area contributed by atoms with Gasteiger partial charge in [0, 0.05) is 32.2 Å². The van der Waals surface area contributed by atoms with Crippen LogP contribution in [0.4, 0.5) is 8.78 Å². The van der Waals surface area contributed by atoms with Gasteiger partial charge in [0.15, 0.2) is 0 Å². The standard InChI is InChI=1S/C22H33F2NO4/c1-4-5-8-11-17(2)19(26)14-13-18-16-22(23,24)21(28)25(18)15-10-7-6-9-12-20(27)29-3/h13-14,17-19,26H,4,6-7,9-12,15-16H2,1-3H3/t17-,18?,19-/m0/s1. The summed E-state index contributed by atoms with van der Waals surface area (Å²) in [5.74, 6) is 0.998. The molecular formula is C22H33F2NO4. The van der Waals surface area contributed by atoms with Gasteiger partial charge in [-0.05, 0) is 18.8 Å². The van der Waals surface area contributed by atoms with Crippen molar-refractivity contribution in [2.24, 2.45) is 5.92 Å². The van der Waals surface area contributed by atoms with Crippen LogP contribution in [0.3, 0.4) is 0 Å². The number of rotatable bonds is 11. The van der Waals surface area contributed by atoms with E-state index in [0.717, 1.165) is 19.3 Å². The van der Waals surface area contributed by atoms with Gasteiger partial charge in [-0.2, -0.15) is 8.78 Å². The van der Waals surface area contributed by atoms with E-state index in [9.17, 15) is 23.5 Å². The van der Waals surface area contributed by atoms with Gasteiger partial charge in [-0.25, -0.2) is 0 Å². The predicted octanol–water partition coefficient (Wildman–Crippen LogP) is 3.70. The maximum absolute atomic E-state index is 13.9. The number of halogens is 2. The number of amides is 1. The summed E-state index contributed by atoms with van der Waals surface area (Å²) < 4.78 is 32.4. The molecule has 1 rings (SSSR count). The van der Waals surface area contributed by atoms with Gasteiger partial charge >= 0.3 is 11.9 Å². The molecule has 0 spiro atoms. The van der Waals surface area contributed by atoms with E-state index in [2.05, 4.69) is 16.6 Å². The van der Waals surface area contributed by atoms with Crippen LogP contribution in [0.1, 0.15) is 65.2 Å². The first kappa shape index (κ1) is 25.1. The van der Waals surface area contributed by atoms with Crippen molar-refractivity contribution in [1.29, 1.82) is 0 Å². The molecule has 1 saturated heterocycles. The summed E-state index contributed by atoms with van der Waals surface area (Å²) >= 11 is 0. The molecule has 29 heavy (non-hydrogen) atoms. The van der Waals surface area contributed by atoms with Crippen molar-refractivity contribution >= 4 is 11.9 Å². The summed E-state index contributed by atoms with van der Waals surface area (Å²) in [5, 5.41) is 10.2. The summed E-state index contributed by atoms with van der Waals surface area (Å²) in [6, 6.07) is -0.726. The highest BCUT2D eigenvalue weighted by atomic mass is 19.3. The van der Waals surface area contributed by atoms with E-state index in [-0.39, 0.29) is 18.4 Å². The normalized spacial score (nSPS) is 20.4. The number of carbonyl (C=O) groups excluding carboxylic acids is 2. The Hall–Kier alpha value is -1.94. The lowest BCUT2D eigenvalue weighted by atomic mass is 9.99. The third-order valence-corrected chi connectivity index (χ3v) is 5.04. The quantitative estimate of drug-likeness (QED) is 0.243.